The van der Waals surface area contributed by atoms with Crippen LogP contribution in [0, 0.1) is 11.6 Å². The van der Waals surface area contributed by atoms with Crippen LogP contribution in [0.3, 0.4) is 0 Å². The van der Waals surface area contributed by atoms with Crippen LogP contribution < -0.4 is 10.6 Å². The molecule has 27 heavy (non-hydrogen) atoms. The van der Waals surface area contributed by atoms with E-state index in [9.17, 15) is 13.6 Å². The molecule has 5 nitrogen and oxygen atoms in total. The lowest BCUT2D eigenvalue weighted by Gasteiger charge is -2.09. The standard InChI is InChI=1S/C20H18F2N4O/c1-12(2)13-3-6-16(7-4-13)25-19(27)14-10-23-20(24-11-14)26-18-8-5-15(21)9-17(18)22/h3-12H,1-2H3,(H,25,27)(H,23,24,26). The molecule has 0 aliphatic heterocycles. The second-order valence-electron chi connectivity index (χ2n) is 6.28. The molecule has 1 heterocycles. The topological polar surface area (TPSA) is 66.9 Å². The van der Waals surface area contributed by atoms with Crippen LogP contribution in [0.25, 0.3) is 0 Å². The normalized spacial score (nSPS) is 10.7. The summed E-state index contributed by atoms with van der Waals surface area (Å²) in [7, 11) is 0. The number of carbonyl (C=O) groups excluding carboxylic acids is 1. The molecule has 3 aromatic rings. The molecule has 138 valence electrons. The molecule has 1 aromatic heterocycles. The summed E-state index contributed by atoms with van der Waals surface area (Å²) in [4.78, 5) is 20.3. The minimum absolute atomic E-state index is 0.0406. The van der Waals surface area contributed by atoms with E-state index in [1.54, 1.807) is 0 Å². The van der Waals surface area contributed by atoms with Crippen molar-refractivity contribution in [3.8, 4) is 0 Å². The number of rotatable bonds is 5. The maximum Gasteiger partial charge on any atom is 0.258 e. The van der Waals surface area contributed by atoms with Gasteiger partial charge >= 0.3 is 0 Å². The number of hydrogen-bond donors (Lipinski definition) is 2. The lowest BCUT2D eigenvalue weighted by Crippen LogP contribution is -2.13. The molecule has 0 bridgehead atoms. The molecule has 1 amide bonds. The first-order valence-electron chi connectivity index (χ1n) is 8.38. The quantitative estimate of drug-likeness (QED) is 0.674. The molecular formula is C20H18F2N4O. The minimum atomic E-state index is -0.759. The van der Waals surface area contributed by atoms with Gasteiger partial charge in [0.05, 0.1) is 11.3 Å². The van der Waals surface area contributed by atoms with E-state index in [4.69, 9.17) is 0 Å². The van der Waals surface area contributed by atoms with E-state index in [0.29, 0.717) is 11.6 Å². The zero-order chi connectivity index (χ0) is 19.4. The van der Waals surface area contributed by atoms with Gasteiger partial charge in [0.15, 0.2) is 0 Å². The first kappa shape index (κ1) is 18.4. The highest BCUT2D eigenvalue weighted by molar-refractivity contribution is 6.03. The fraction of sp³-hybridized carbons (Fsp3) is 0.150. The van der Waals surface area contributed by atoms with E-state index in [1.807, 2.05) is 24.3 Å². The highest BCUT2D eigenvalue weighted by Gasteiger charge is 2.10. The zero-order valence-corrected chi connectivity index (χ0v) is 14.8. The fourth-order valence-electron chi connectivity index (χ4n) is 2.38. The Hall–Kier alpha value is -3.35. The maximum atomic E-state index is 13.6. The number of nitrogens with one attached hydrogen (secondary N) is 2. The Labute approximate surface area is 155 Å². The van der Waals surface area contributed by atoms with Crippen LogP contribution in [0.5, 0.6) is 0 Å². The van der Waals surface area contributed by atoms with Gasteiger partial charge in [0.25, 0.3) is 5.91 Å². The molecule has 0 saturated carbocycles. The molecule has 7 heteroatoms. The second kappa shape index (κ2) is 7.90. The average Bonchev–Trinajstić information content (AvgIpc) is 2.65. The summed E-state index contributed by atoms with van der Waals surface area (Å²) in [5.41, 5.74) is 2.15. The first-order chi connectivity index (χ1) is 12.9. The van der Waals surface area contributed by atoms with Crippen molar-refractivity contribution < 1.29 is 13.6 Å². The monoisotopic (exact) mass is 368 g/mol. The smallest absolute Gasteiger partial charge is 0.258 e. The molecular weight excluding hydrogens is 350 g/mol. The van der Waals surface area contributed by atoms with E-state index < -0.39 is 11.6 Å². The molecule has 0 radical (unpaired) electrons. The van der Waals surface area contributed by atoms with Crippen LogP contribution >= 0.6 is 0 Å². The Bertz CT molecular complexity index is 941. The van der Waals surface area contributed by atoms with Gasteiger partial charge in [-0.25, -0.2) is 18.7 Å². The third-order valence-corrected chi connectivity index (χ3v) is 3.93. The fourth-order valence-corrected chi connectivity index (χ4v) is 2.38. The van der Waals surface area contributed by atoms with Crippen LogP contribution in [-0.2, 0) is 0 Å². The van der Waals surface area contributed by atoms with Crippen molar-refractivity contribution in [2.75, 3.05) is 10.6 Å². The molecule has 2 N–H and O–H groups in total. The van der Waals surface area contributed by atoms with Gasteiger partial charge in [-0.3, -0.25) is 4.79 Å². The SMILES string of the molecule is CC(C)c1ccc(NC(=O)c2cnc(Nc3ccc(F)cc3F)nc2)cc1. The van der Waals surface area contributed by atoms with Gasteiger partial charge in [0.2, 0.25) is 5.95 Å². The van der Waals surface area contributed by atoms with Crippen molar-refractivity contribution >= 4 is 23.2 Å². The third kappa shape index (κ3) is 4.63. The van der Waals surface area contributed by atoms with E-state index >= 15 is 0 Å². The lowest BCUT2D eigenvalue weighted by atomic mass is 10.0. The summed E-state index contributed by atoms with van der Waals surface area (Å²) in [5, 5.41) is 5.40. The van der Waals surface area contributed by atoms with Crippen molar-refractivity contribution in [2.45, 2.75) is 19.8 Å². The summed E-state index contributed by atoms with van der Waals surface area (Å²) in [6, 6.07) is 10.7. The zero-order valence-electron chi connectivity index (χ0n) is 14.8. The largest absolute Gasteiger partial charge is 0.322 e. The van der Waals surface area contributed by atoms with Crippen molar-refractivity contribution in [3.05, 3.63) is 77.6 Å². The predicted molar refractivity (Wildman–Crippen MR) is 100 cm³/mol. The molecule has 0 fully saturated rings. The minimum Gasteiger partial charge on any atom is -0.322 e. The van der Waals surface area contributed by atoms with Gasteiger partial charge in [-0.2, -0.15) is 0 Å². The Balaban J connectivity index is 1.66. The van der Waals surface area contributed by atoms with Gasteiger partial charge in [-0.15, -0.1) is 0 Å². The van der Waals surface area contributed by atoms with Crippen molar-refractivity contribution in [1.29, 1.82) is 0 Å². The number of hydrogen-bond acceptors (Lipinski definition) is 4. The van der Waals surface area contributed by atoms with E-state index in [0.717, 1.165) is 12.1 Å². The van der Waals surface area contributed by atoms with Gasteiger partial charge in [0, 0.05) is 24.1 Å². The van der Waals surface area contributed by atoms with Gasteiger partial charge in [0.1, 0.15) is 11.6 Å². The Morgan fingerprint density at radius 1 is 1.00 bits per heavy atom. The molecule has 3 rings (SSSR count). The van der Waals surface area contributed by atoms with E-state index in [-0.39, 0.29) is 23.1 Å². The summed E-state index contributed by atoms with van der Waals surface area (Å²) < 4.78 is 26.6. The number of carbonyl (C=O) groups is 1. The van der Waals surface area contributed by atoms with Gasteiger partial charge in [-0.1, -0.05) is 26.0 Å². The Morgan fingerprint density at radius 2 is 1.67 bits per heavy atom. The Kier molecular flexibility index (Phi) is 5.40. The van der Waals surface area contributed by atoms with Crippen LogP contribution in [0.15, 0.2) is 54.9 Å². The predicted octanol–water partition coefficient (Wildman–Crippen LogP) is 4.87. The summed E-state index contributed by atoms with van der Waals surface area (Å²) >= 11 is 0. The number of halogens is 2. The van der Waals surface area contributed by atoms with Crippen LogP contribution in [-0.4, -0.2) is 15.9 Å². The third-order valence-electron chi connectivity index (χ3n) is 3.93. The van der Waals surface area contributed by atoms with E-state index in [1.165, 1.54) is 24.0 Å². The Morgan fingerprint density at radius 3 is 2.26 bits per heavy atom. The highest BCUT2D eigenvalue weighted by atomic mass is 19.1. The molecule has 0 unspecified atom stereocenters. The molecule has 0 aliphatic rings. The number of anilines is 3. The summed E-state index contributed by atoms with van der Waals surface area (Å²) in [5.74, 6) is -1.28. The molecule has 0 saturated heterocycles. The lowest BCUT2D eigenvalue weighted by molar-refractivity contribution is 0.102. The molecule has 0 atom stereocenters. The average molecular weight is 368 g/mol. The number of nitrogens with zero attached hydrogens (tertiary/aromatic N) is 2. The van der Waals surface area contributed by atoms with Crippen molar-refractivity contribution in [2.24, 2.45) is 0 Å². The maximum absolute atomic E-state index is 13.6. The molecule has 0 spiro atoms. The van der Waals surface area contributed by atoms with Crippen LogP contribution in [0.4, 0.5) is 26.1 Å². The van der Waals surface area contributed by atoms with Crippen LogP contribution in [0.2, 0.25) is 0 Å². The van der Waals surface area contributed by atoms with Crippen molar-refractivity contribution in [3.63, 3.8) is 0 Å². The summed E-state index contributed by atoms with van der Waals surface area (Å²) in [6.07, 6.45) is 2.66. The number of amides is 1. The number of benzene rings is 2. The van der Waals surface area contributed by atoms with Gasteiger partial charge < -0.3 is 10.6 Å². The molecule has 2 aromatic carbocycles. The van der Waals surface area contributed by atoms with Crippen LogP contribution in [0.1, 0.15) is 35.7 Å². The highest BCUT2D eigenvalue weighted by Crippen LogP contribution is 2.19. The number of aromatic nitrogens is 2. The molecule has 0 aliphatic carbocycles. The second-order valence-corrected chi connectivity index (χ2v) is 6.28. The van der Waals surface area contributed by atoms with E-state index in [2.05, 4.69) is 34.4 Å². The first-order valence-corrected chi connectivity index (χ1v) is 8.38. The van der Waals surface area contributed by atoms with Gasteiger partial charge in [-0.05, 0) is 35.7 Å². The van der Waals surface area contributed by atoms with Crippen molar-refractivity contribution in [1.82, 2.24) is 9.97 Å². The summed E-state index contributed by atoms with van der Waals surface area (Å²) in [6.45, 7) is 4.19.